The first-order valence-electron chi connectivity index (χ1n) is 7.16. The summed E-state index contributed by atoms with van der Waals surface area (Å²) in [5.41, 5.74) is 11.8. The fourth-order valence-electron chi connectivity index (χ4n) is 2.94. The molecule has 0 radical (unpaired) electrons. The van der Waals surface area contributed by atoms with E-state index in [9.17, 15) is 8.78 Å². The quantitative estimate of drug-likeness (QED) is 0.798. The summed E-state index contributed by atoms with van der Waals surface area (Å²) in [7, 11) is 0. The summed E-state index contributed by atoms with van der Waals surface area (Å²) in [6.07, 6.45) is -3.71. The molecular weight excluding hydrogens is 398 g/mol. The van der Waals surface area contributed by atoms with Crippen molar-refractivity contribution in [2.75, 3.05) is 0 Å². The molecule has 2 aromatic carbocycles. The monoisotopic (exact) mass is 408 g/mol. The highest BCUT2D eigenvalue weighted by Crippen LogP contribution is 2.45. The molecule has 2 aromatic rings. The molecular formula is C16H11BrF2N4O2. The molecule has 2 aliphatic heterocycles. The second kappa shape index (κ2) is 5.16. The van der Waals surface area contributed by atoms with Crippen molar-refractivity contribution in [3.05, 3.63) is 58.1 Å². The van der Waals surface area contributed by atoms with Crippen LogP contribution in [0.1, 0.15) is 11.1 Å². The minimum absolute atomic E-state index is 0.000437. The molecule has 0 saturated heterocycles. The number of rotatable bonds is 2. The number of halogens is 3. The Bertz CT molecular complexity index is 947. The van der Waals surface area contributed by atoms with Gasteiger partial charge in [0, 0.05) is 4.47 Å². The number of nitrogens with zero attached hydrogens (tertiary/aromatic N) is 2. The van der Waals surface area contributed by atoms with Crippen molar-refractivity contribution in [2.45, 2.75) is 11.8 Å². The van der Waals surface area contributed by atoms with E-state index in [0.29, 0.717) is 11.1 Å². The fraction of sp³-hybridized carbons (Fsp3) is 0.125. The average Bonchev–Trinajstić information content (AvgIpc) is 3.01. The van der Waals surface area contributed by atoms with E-state index in [1.54, 1.807) is 18.2 Å². The number of alkyl halides is 2. The summed E-state index contributed by atoms with van der Waals surface area (Å²) in [4.78, 5) is 8.44. The molecule has 4 rings (SSSR count). The molecule has 0 fully saturated rings. The first-order valence-corrected chi connectivity index (χ1v) is 7.96. The van der Waals surface area contributed by atoms with Crippen LogP contribution in [-0.2, 0) is 5.54 Å². The summed E-state index contributed by atoms with van der Waals surface area (Å²) in [6, 6.07) is 11.6. The Balaban J connectivity index is 1.92. The van der Waals surface area contributed by atoms with Crippen molar-refractivity contribution >= 4 is 27.7 Å². The van der Waals surface area contributed by atoms with Gasteiger partial charge in [0.05, 0.1) is 0 Å². The molecule has 128 valence electrons. The zero-order chi connectivity index (χ0) is 17.8. The fourth-order valence-corrected chi connectivity index (χ4v) is 3.34. The molecule has 9 heteroatoms. The first-order chi connectivity index (χ1) is 11.8. The SMILES string of the molecule is NC1=NC(c2cccc(Br)c2)(c2ccc3c(c2)OC(F)(F)O3)C(N)=N1. The van der Waals surface area contributed by atoms with E-state index in [1.807, 2.05) is 12.1 Å². The van der Waals surface area contributed by atoms with Gasteiger partial charge in [-0.15, -0.1) is 8.78 Å². The van der Waals surface area contributed by atoms with Crippen molar-refractivity contribution in [2.24, 2.45) is 21.5 Å². The van der Waals surface area contributed by atoms with Gasteiger partial charge in [-0.1, -0.05) is 34.1 Å². The van der Waals surface area contributed by atoms with Crippen LogP contribution in [0.2, 0.25) is 0 Å². The average molecular weight is 409 g/mol. The van der Waals surface area contributed by atoms with Crippen LogP contribution in [0.15, 0.2) is 56.9 Å². The molecule has 25 heavy (non-hydrogen) atoms. The first kappa shape index (κ1) is 15.8. The van der Waals surface area contributed by atoms with Crippen LogP contribution in [0.25, 0.3) is 0 Å². The Hall–Kier alpha value is -2.68. The molecule has 0 aliphatic carbocycles. The maximum atomic E-state index is 13.3. The number of guanidine groups is 1. The number of ether oxygens (including phenoxy) is 2. The Kier molecular flexibility index (Phi) is 3.26. The second-order valence-electron chi connectivity index (χ2n) is 5.52. The summed E-state index contributed by atoms with van der Waals surface area (Å²) in [5, 5.41) is 0. The highest BCUT2D eigenvalue weighted by atomic mass is 79.9. The summed E-state index contributed by atoms with van der Waals surface area (Å²) >= 11 is 3.40. The highest BCUT2D eigenvalue weighted by molar-refractivity contribution is 9.10. The number of amidine groups is 1. The molecule has 4 N–H and O–H groups in total. The van der Waals surface area contributed by atoms with Crippen LogP contribution in [0.5, 0.6) is 11.5 Å². The lowest BCUT2D eigenvalue weighted by atomic mass is 9.82. The third-order valence-electron chi connectivity index (χ3n) is 3.95. The number of benzene rings is 2. The van der Waals surface area contributed by atoms with Gasteiger partial charge in [-0.25, -0.2) is 4.99 Å². The Morgan fingerprint density at radius 1 is 0.960 bits per heavy atom. The zero-order valence-corrected chi connectivity index (χ0v) is 14.1. The Morgan fingerprint density at radius 3 is 2.36 bits per heavy atom. The normalized spacial score (nSPS) is 23.3. The van der Waals surface area contributed by atoms with Crippen LogP contribution in [0.3, 0.4) is 0 Å². The van der Waals surface area contributed by atoms with Crippen LogP contribution >= 0.6 is 15.9 Å². The van der Waals surface area contributed by atoms with E-state index in [-0.39, 0.29) is 23.3 Å². The molecule has 0 saturated carbocycles. The van der Waals surface area contributed by atoms with Crippen molar-refractivity contribution in [3.8, 4) is 11.5 Å². The van der Waals surface area contributed by atoms with E-state index in [1.165, 1.54) is 12.1 Å². The van der Waals surface area contributed by atoms with Gasteiger partial charge in [0.25, 0.3) is 0 Å². The third-order valence-corrected chi connectivity index (χ3v) is 4.44. The molecule has 2 aliphatic rings. The molecule has 6 nitrogen and oxygen atoms in total. The molecule has 1 unspecified atom stereocenters. The molecule has 0 bridgehead atoms. The van der Waals surface area contributed by atoms with Gasteiger partial charge in [0.15, 0.2) is 17.0 Å². The molecule has 2 heterocycles. The Morgan fingerprint density at radius 2 is 1.68 bits per heavy atom. The van der Waals surface area contributed by atoms with Crippen LogP contribution in [0, 0.1) is 0 Å². The van der Waals surface area contributed by atoms with Crippen molar-refractivity contribution < 1.29 is 18.3 Å². The van der Waals surface area contributed by atoms with E-state index in [2.05, 4.69) is 35.4 Å². The van der Waals surface area contributed by atoms with E-state index < -0.39 is 11.8 Å². The maximum absolute atomic E-state index is 13.3. The van der Waals surface area contributed by atoms with Crippen molar-refractivity contribution in [1.82, 2.24) is 0 Å². The van der Waals surface area contributed by atoms with Gasteiger partial charge < -0.3 is 20.9 Å². The Labute approximate surface area is 149 Å². The standard InChI is InChI=1S/C16H11BrF2N4O2/c17-10-3-1-2-8(6-10)15(13(20)22-14(21)23-15)9-4-5-11-12(7-9)25-16(18,19)24-11/h1-7H,(H4,20,21,22,23). The van der Waals surface area contributed by atoms with Gasteiger partial charge in [-0.05, 0) is 35.4 Å². The maximum Gasteiger partial charge on any atom is 0.586 e. The zero-order valence-electron chi connectivity index (χ0n) is 12.5. The summed E-state index contributed by atoms with van der Waals surface area (Å²) in [6.45, 7) is 0. The van der Waals surface area contributed by atoms with E-state index in [0.717, 1.165) is 4.47 Å². The van der Waals surface area contributed by atoms with Crippen molar-refractivity contribution in [3.63, 3.8) is 0 Å². The lowest BCUT2D eigenvalue weighted by molar-refractivity contribution is -0.286. The van der Waals surface area contributed by atoms with Gasteiger partial charge in [0.2, 0.25) is 5.96 Å². The van der Waals surface area contributed by atoms with Crippen molar-refractivity contribution in [1.29, 1.82) is 0 Å². The van der Waals surface area contributed by atoms with Gasteiger partial charge in [-0.3, -0.25) is 0 Å². The summed E-state index contributed by atoms with van der Waals surface area (Å²) in [5.74, 6) is -0.0388. The number of aliphatic imine (C=N–C) groups is 2. The summed E-state index contributed by atoms with van der Waals surface area (Å²) < 4.78 is 36.4. The number of fused-ring (bicyclic) bond motifs is 1. The second-order valence-corrected chi connectivity index (χ2v) is 6.43. The number of hydrogen-bond acceptors (Lipinski definition) is 6. The van der Waals surface area contributed by atoms with Gasteiger partial charge in [0.1, 0.15) is 5.84 Å². The molecule has 0 amide bonds. The molecule has 1 atom stereocenters. The smallest absolute Gasteiger partial charge is 0.395 e. The predicted octanol–water partition coefficient (Wildman–Crippen LogP) is 2.70. The largest absolute Gasteiger partial charge is 0.586 e. The molecule has 0 spiro atoms. The lowest BCUT2D eigenvalue weighted by Crippen LogP contribution is -2.38. The lowest BCUT2D eigenvalue weighted by Gasteiger charge is -2.27. The van der Waals surface area contributed by atoms with Gasteiger partial charge in [-0.2, -0.15) is 4.99 Å². The minimum Gasteiger partial charge on any atom is -0.395 e. The van der Waals surface area contributed by atoms with Crippen LogP contribution in [0.4, 0.5) is 8.78 Å². The van der Waals surface area contributed by atoms with E-state index in [4.69, 9.17) is 11.5 Å². The highest BCUT2D eigenvalue weighted by Gasteiger charge is 2.47. The molecule has 0 aromatic heterocycles. The minimum atomic E-state index is -3.71. The topological polar surface area (TPSA) is 95.2 Å². The third kappa shape index (κ3) is 2.42. The number of nitrogens with two attached hydrogens (primary N) is 2. The van der Waals surface area contributed by atoms with E-state index >= 15 is 0 Å². The predicted molar refractivity (Wildman–Crippen MR) is 90.8 cm³/mol. The van der Waals surface area contributed by atoms with Crippen LogP contribution < -0.4 is 20.9 Å². The van der Waals surface area contributed by atoms with Crippen LogP contribution in [-0.4, -0.2) is 18.1 Å². The van der Waals surface area contributed by atoms with Gasteiger partial charge >= 0.3 is 6.29 Å². The number of hydrogen-bond donors (Lipinski definition) is 2.